The number of piperazine rings is 1. The molecule has 0 aliphatic carbocycles. The maximum absolute atomic E-state index is 12.4. The average Bonchev–Trinajstić information content (AvgIpc) is 3.01. The standard InChI is InChI=1S/C17H23N5OS/c1-13(16-5-3-4-6-18-16)19-17(23)22-9-7-21(8-10-22)11-15-12-24-14(2)20-15/h3-6,12-13H,7-11H2,1-2H3,(H,19,23)/t13-/m0/s1. The van der Waals surface area contributed by atoms with Gasteiger partial charge in [-0.2, -0.15) is 0 Å². The lowest BCUT2D eigenvalue weighted by Gasteiger charge is -2.34. The second kappa shape index (κ2) is 7.72. The summed E-state index contributed by atoms with van der Waals surface area (Å²) in [6.45, 7) is 8.09. The third kappa shape index (κ3) is 4.30. The molecule has 1 fully saturated rings. The summed E-state index contributed by atoms with van der Waals surface area (Å²) in [4.78, 5) is 25.4. The number of hydrogen-bond donors (Lipinski definition) is 1. The summed E-state index contributed by atoms with van der Waals surface area (Å²) < 4.78 is 0. The van der Waals surface area contributed by atoms with E-state index in [2.05, 4.69) is 25.6 Å². The number of amides is 2. The molecule has 3 rings (SSSR count). The molecule has 0 bridgehead atoms. The number of pyridine rings is 1. The van der Waals surface area contributed by atoms with Gasteiger partial charge in [0, 0.05) is 44.3 Å². The first-order valence-electron chi connectivity index (χ1n) is 8.21. The maximum atomic E-state index is 12.4. The van der Waals surface area contributed by atoms with E-state index in [1.807, 2.05) is 36.9 Å². The minimum Gasteiger partial charge on any atom is -0.330 e. The number of carbonyl (C=O) groups excluding carboxylic acids is 1. The van der Waals surface area contributed by atoms with Crippen LogP contribution in [0.1, 0.15) is 29.4 Å². The quantitative estimate of drug-likeness (QED) is 0.924. The number of hydrogen-bond acceptors (Lipinski definition) is 5. The molecule has 2 amide bonds. The van der Waals surface area contributed by atoms with Crippen LogP contribution >= 0.6 is 11.3 Å². The molecule has 0 saturated carbocycles. The van der Waals surface area contributed by atoms with Crippen LogP contribution in [0.3, 0.4) is 0 Å². The van der Waals surface area contributed by atoms with Crippen molar-refractivity contribution < 1.29 is 4.79 Å². The van der Waals surface area contributed by atoms with Gasteiger partial charge in [-0.05, 0) is 26.0 Å². The van der Waals surface area contributed by atoms with Crippen LogP contribution in [0.4, 0.5) is 4.79 Å². The fourth-order valence-electron chi connectivity index (χ4n) is 2.80. The molecular weight excluding hydrogens is 322 g/mol. The first-order valence-corrected chi connectivity index (χ1v) is 9.09. The maximum Gasteiger partial charge on any atom is 0.318 e. The van der Waals surface area contributed by atoms with E-state index in [0.717, 1.165) is 49.1 Å². The van der Waals surface area contributed by atoms with Gasteiger partial charge < -0.3 is 10.2 Å². The first-order chi connectivity index (χ1) is 11.6. The Morgan fingerprint density at radius 1 is 1.33 bits per heavy atom. The molecule has 1 aliphatic heterocycles. The zero-order chi connectivity index (χ0) is 16.9. The van der Waals surface area contributed by atoms with Crippen LogP contribution in [0.25, 0.3) is 0 Å². The molecule has 7 heteroatoms. The van der Waals surface area contributed by atoms with Crippen molar-refractivity contribution in [3.63, 3.8) is 0 Å². The fraction of sp³-hybridized carbons (Fsp3) is 0.471. The zero-order valence-electron chi connectivity index (χ0n) is 14.1. The van der Waals surface area contributed by atoms with Crippen molar-refractivity contribution in [1.82, 2.24) is 25.1 Å². The number of thiazole rings is 1. The Hall–Kier alpha value is -1.99. The molecule has 0 aromatic carbocycles. The van der Waals surface area contributed by atoms with Gasteiger partial charge in [-0.15, -0.1) is 11.3 Å². The van der Waals surface area contributed by atoms with Crippen LogP contribution < -0.4 is 5.32 Å². The van der Waals surface area contributed by atoms with Crippen LogP contribution in [-0.4, -0.2) is 52.0 Å². The Labute approximate surface area is 146 Å². The lowest BCUT2D eigenvalue weighted by molar-refractivity contribution is 0.133. The Balaban J connectivity index is 1.46. The third-order valence-corrected chi connectivity index (χ3v) is 5.01. The van der Waals surface area contributed by atoms with Gasteiger partial charge in [0.1, 0.15) is 0 Å². The van der Waals surface area contributed by atoms with Gasteiger partial charge in [0.2, 0.25) is 0 Å². The van der Waals surface area contributed by atoms with E-state index in [9.17, 15) is 4.79 Å². The molecule has 1 atom stereocenters. The van der Waals surface area contributed by atoms with Crippen LogP contribution in [0.2, 0.25) is 0 Å². The molecular formula is C17H23N5OS. The molecule has 3 heterocycles. The average molecular weight is 345 g/mol. The second-order valence-electron chi connectivity index (χ2n) is 6.05. The van der Waals surface area contributed by atoms with E-state index in [1.165, 1.54) is 0 Å². The number of rotatable bonds is 4. The molecule has 0 unspecified atom stereocenters. The van der Waals surface area contributed by atoms with E-state index in [-0.39, 0.29) is 12.1 Å². The highest BCUT2D eigenvalue weighted by Crippen LogP contribution is 2.13. The molecule has 1 N–H and O–H groups in total. The SMILES string of the molecule is Cc1nc(CN2CCN(C(=O)N[C@@H](C)c3ccccn3)CC2)cs1. The number of nitrogens with zero attached hydrogens (tertiary/aromatic N) is 4. The molecule has 1 aliphatic rings. The van der Waals surface area contributed by atoms with Crippen LogP contribution in [0, 0.1) is 6.92 Å². The van der Waals surface area contributed by atoms with Gasteiger partial charge in [-0.1, -0.05) is 6.07 Å². The summed E-state index contributed by atoms with van der Waals surface area (Å²) >= 11 is 1.68. The predicted molar refractivity (Wildman–Crippen MR) is 94.9 cm³/mol. The van der Waals surface area contributed by atoms with Crippen molar-refractivity contribution >= 4 is 17.4 Å². The first kappa shape index (κ1) is 16.9. The highest BCUT2D eigenvalue weighted by molar-refractivity contribution is 7.09. The van der Waals surface area contributed by atoms with Gasteiger partial charge in [-0.25, -0.2) is 9.78 Å². The van der Waals surface area contributed by atoms with E-state index in [0.29, 0.717) is 0 Å². The monoisotopic (exact) mass is 345 g/mol. The predicted octanol–water partition coefficient (Wildman–Crippen LogP) is 2.43. The van der Waals surface area contributed by atoms with Crippen molar-refractivity contribution in [3.05, 3.63) is 46.2 Å². The third-order valence-electron chi connectivity index (χ3n) is 4.18. The van der Waals surface area contributed by atoms with Crippen molar-refractivity contribution in [2.24, 2.45) is 0 Å². The van der Waals surface area contributed by atoms with Gasteiger partial charge in [-0.3, -0.25) is 9.88 Å². The molecule has 0 spiro atoms. The van der Waals surface area contributed by atoms with Crippen LogP contribution in [-0.2, 0) is 6.54 Å². The van der Waals surface area contributed by atoms with Crippen molar-refractivity contribution in [2.45, 2.75) is 26.4 Å². The highest BCUT2D eigenvalue weighted by atomic mass is 32.1. The number of aromatic nitrogens is 2. The Kier molecular flexibility index (Phi) is 5.42. The van der Waals surface area contributed by atoms with E-state index >= 15 is 0 Å². The lowest BCUT2D eigenvalue weighted by atomic mass is 10.2. The number of nitrogens with one attached hydrogen (secondary N) is 1. The lowest BCUT2D eigenvalue weighted by Crippen LogP contribution is -2.51. The van der Waals surface area contributed by atoms with Gasteiger partial charge in [0.25, 0.3) is 0 Å². The van der Waals surface area contributed by atoms with Crippen molar-refractivity contribution in [3.8, 4) is 0 Å². The summed E-state index contributed by atoms with van der Waals surface area (Å²) in [5.74, 6) is 0. The summed E-state index contributed by atoms with van der Waals surface area (Å²) in [5.41, 5.74) is 2.00. The number of aryl methyl sites for hydroxylation is 1. The van der Waals surface area contributed by atoms with E-state index in [1.54, 1.807) is 17.5 Å². The zero-order valence-corrected chi connectivity index (χ0v) is 14.9. The normalized spacial score (nSPS) is 16.8. The molecule has 24 heavy (non-hydrogen) atoms. The van der Waals surface area contributed by atoms with Gasteiger partial charge in [0.05, 0.1) is 22.4 Å². The van der Waals surface area contributed by atoms with E-state index in [4.69, 9.17) is 0 Å². The largest absolute Gasteiger partial charge is 0.330 e. The molecule has 0 radical (unpaired) electrons. The Morgan fingerprint density at radius 2 is 2.12 bits per heavy atom. The molecule has 2 aromatic rings. The summed E-state index contributed by atoms with van der Waals surface area (Å²) in [5, 5.41) is 6.25. The Bertz CT molecular complexity index is 667. The highest BCUT2D eigenvalue weighted by Gasteiger charge is 2.23. The number of carbonyl (C=O) groups is 1. The second-order valence-corrected chi connectivity index (χ2v) is 7.11. The number of urea groups is 1. The molecule has 6 nitrogen and oxygen atoms in total. The topological polar surface area (TPSA) is 61.4 Å². The molecule has 2 aromatic heterocycles. The summed E-state index contributed by atoms with van der Waals surface area (Å²) in [6.07, 6.45) is 1.75. The summed E-state index contributed by atoms with van der Waals surface area (Å²) in [7, 11) is 0. The van der Waals surface area contributed by atoms with Crippen LogP contribution in [0.15, 0.2) is 29.8 Å². The van der Waals surface area contributed by atoms with Crippen molar-refractivity contribution in [1.29, 1.82) is 0 Å². The smallest absolute Gasteiger partial charge is 0.318 e. The summed E-state index contributed by atoms with van der Waals surface area (Å²) in [6, 6.07) is 5.64. The Morgan fingerprint density at radius 3 is 2.75 bits per heavy atom. The molecule has 1 saturated heterocycles. The minimum absolute atomic E-state index is 0.0164. The minimum atomic E-state index is -0.0882. The van der Waals surface area contributed by atoms with Crippen LogP contribution in [0.5, 0.6) is 0 Å². The fourth-order valence-corrected chi connectivity index (χ4v) is 3.41. The van der Waals surface area contributed by atoms with Gasteiger partial charge >= 0.3 is 6.03 Å². The molecule has 128 valence electrons. The van der Waals surface area contributed by atoms with Crippen molar-refractivity contribution in [2.75, 3.05) is 26.2 Å². The van der Waals surface area contributed by atoms with Gasteiger partial charge in [0.15, 0.2) is 0 Å². The van der Waals surface area contributed by atoms with E-state index < -0.39 is 0 Å².